The molecule has 0 saturated carbocycles. The molecule has 32 heavy (non-hydrogen) atoms. The maximum Gasteiger partial charge on any atom is 0.387 e. The van der Waals surface area contributed by atoms with Gasteiger partial charge in [0.05, 0.1) is 17.7 Å². The van der Waals surface area contributed by atoms with Crippen molar-refractivity contribution >= 4 is 27.3 Å². The van der Waals surface area contributed by atoms with Crippen LogP contribution in [0.2, 0.25) is 0 Å². The summed E-state index contributed by atoms with van der Waals surface area (Å²) in [7, 11) is -2.55. The first-order valence-corrected chi connectivity index (χ1v) is 10.8. The van der Waals surface area contributed by atoms with E-state index in [-0.39, 0.29) is 27.6 Å². The summed E-state index contributed by atoms with van der Waals surface area (Å²) in [6.07, 6.45) is 0. The van der Waals surface area contributed by atoms with Gasteiger partial charge >= 0.3 is 6.61 Å². The predicted octanol–water partition coefficient (Wildman–Crippen LogP) is 4.66. The van der Waals surface area contributed by atoms with E-state index in [9.17, 15) is 22.0 Å². The molecule has 2 N–H and O–H groups in total. The minimum atomic E-state index is -3.99. The van der Waals surface area contributed by atoms with Crippen molar-refractivity contribution in [2.45, 2.75) is 18.4 Å². The second-order valence-corrected chi connectivity index (χ2v) is 8.29. The highest BCUT2D eigenvalue weighted by Crippen LogP contribution is 2.28. The highest BCUT2D eigenvalue weighted by atomic mass is 32.2. The van der Waals surface area contributed by atoms with Crippen molar-refractivity contribution in [2.24, 2.45) is 0 Å². The third-order valence-electron chi connectivity index (χ3n) is 4.43. The van der Waals surface area contributed by atoms with E-state index in [0.29, 0.717) is 11.3 Å². The number of hydrogen-bond donors (Lipinski definition) is 2. The number of alkyl halides is 2. The van der Waals surface area contributed by atoms with Crippen LogP contribution in [0.5, 0.6) is 11.5 Å². The summed E-state index contributed by atoms with van der Waals surface area (Å²) >= 11 is 0. The fourth-order valence-corrected chi connectivity index (χ4v) is 4.23. The molecule has 0 atom stereocenters. The summed E-state index contributed by atoms with van der Waals surface area (Å²) < 4.78 is 62.4. The first-order valence-electron chi connectivity index (χ1n) is 9.32. The van der Waals surface area contributed by atoms with Gasteiger partial charge in [-0.2, -0.15) is 8.78 Å². The molecule has 10 heteroatoms. The number of hydrogen-bond acceptors (Lipinski definition) is 5. The van der Waals surface area contributed by atoms with Gasteiger partial charge in [-0.05, 0) is 61.0 Å². The summed E-state index contributed by atoms with van der Waals surface area (Å²) in [5, 5.41) is 2.60. The van der Waals surface area contributed by atoms with E-state index in [4.69, 9.17) is 4.74 Å². The number of halogens is 2. The lowest BCUT2D eigenvalue weighted by atomic mass is 10.2. The molecule has 0 aliphatic heterocycles. The van der Waals surface area contributed by atoms with E-state index >= 15 is 0 Å². The van der Waals surface area contributed by atoms with Crippen LogP contribution in [-0.2, 0) is 10.0 Å². The van der Waals surface area contributed by atoms with Gasteiger partial charge < -0.3 is 14.8 Å². The molecule has 0 spiro atoms. The summed E-state index contributed by atoms with van der Waals surface area (Å²) in [5.41, 5.74) is 1.17. The van der Waals surface area contributed by atoms with Crippen LogP contribution in [0, 0.1) is 6.92 Å². The average molecular weight is 462 g/mol. The first kappa shape index (κ1) is 23.0. The van der Waals surface area contributed by atoms with Gasteiger partial charge in [0.2, 0.25) is 0 Å². The SMILES string of the molecule is COc1ccccc1NS(=O)(=O)c1cc(NC(=O)c2ccc(OC(F)F)cc2)ccc1C. The van der Waals surface area contributed by atoms with Crippen molar-refractivity contribution in [3.8, 4) is 11.5 Å². The van der Waals surface area contributed by atoms with Crippen molar-refractivity contribution in [2.75, 3.05) is 17.1 Å². The smallest absolute Gasteiger partial charge is 0.387 e. The Hall–Kier alpha value is -3.66. The number of nitrogens with one attached hydrogen (secondary N) is 2. The molecule has 0 bridgehead atoms. The molecule has 0 radical (unpaired) electrons. The Morgan fingerprint density at radius 2 is 1.69 bits per heavy atom. The molecule has 0 aliphatic rings. The Morgan fingerprint density at radius 3 is 2.34 bits per heavy atom. The summed E-state index contributed by atoms with van der Waals surface area (Å²) in [6, 6.07) is 16.1. The molecule has 168 valence electrons. The van der Waals surface area contributed by atoms with Crippen molar-refractivity contribution in [3.05, 3.63) is 77.9 Å². The number of rotatable bonds is 8. The summed E-state index contributed by atoms with van der Waals surface area (Å²) in [6.45, 7) is -1.34. The quantitative estimate of drug-likeness (QED) is 0.508. The summed E-state index contributed by atoms with van der Waals surface area (Å²) in [4.78, 5) is 12.5. The number of ether oxygens (including phenoxy) is 2. The maximum absolute atomic E-state index is 13.0. The molecule has 3 aromatic rings. The zero-order chi connectivity index (χ0) is 23.3. The van der Waals surface area contributed by atoms with Gasteiger partial charge in [0.1, 0.15) is 11.5 Å². The second kappa shape index (κ2) is 9.65. The average Bonchev–Trinajstić information content (AvgIpc) is 2.75. The number of para-hydroxylation sites is 2. The van der Waals surface area contributed by atoms with Gasteiger partial charge in [-0.15, -0.1) is 0 Å². The Labute approximate surface area is 184 Å². The standard InChI is InChI=1S/C22H20F2N2O5S/c1-14-7-10-16(25-21(27)15-8-11-17(12-9-15)31-22(23)24)13-20(14)32(28,29)26-18-5-3-4-6-19(18)30-2/h3-13,22,26H,1-2H3,(H,25,27). The van der Waals surface area contributed by atoms with Crippen LogP contribution in [0.3, 0.4) is 0 Å². The van der Waals surface area contributed by atoms with Crippen LogP contribution >= 0.6 is 0 Å². The van der Waals surface area contributed by atoms with Crippen molar-refractivity contribution < 1.29 is 31.5 Å². The largest absolute Gasteiger partial charge is 0.495 e. The molecule has 0 heterocycles. The minimum Gasteiger partial charge on any atom is -0.495 e. The number of aryl methyl sites for hydroxylation is 1. The van der Waals surface area contributed by atoms with Gasteiger partial charge in [-0.1, -0.05) is 18.2 Å². The number of sulfonamides is 1. The fourth-order valence-electron chi connectivity index (χ4n) is 2.89. The van der Waals surface area contributed by atoms with E-state index in [1.165, 1.54) is 37.4 Å². The van der Waals surface area contributed by atoms with E-state index in [1.807, 2.05) is 0 Å². The van der Waals surface area contributed by atoms with Gasteiger partial charge in [-0.3, -0.25) is 9.52 Å². The van der Waals surface area contributed by atoms with Crippen molar-refractivity contribution in [1.29, 1.82) is 0 Å². The van der Waals surface area contributed by atoms with Gasteiger partial charge in [-0.25, -0.2) is 8.42 Å². The van der Waals surface area contributed by atoms with Gasteiger partial charge in [0.15, 0.2) is 0 Å². The second-order valence-electron chi connectivity index (χ2n) is 6.64. The normalized spacial score (nSPS) is 11.2. The van der Waals surface area contributed by atoms with Crippen LogP contribution in [0.4, 0.5) is 20.2 Å². The highest BCUT2D eigenvalue weighted by Gasteiger charge is 2.20. The number of anilines is 2. The fraction of sp³-hybridized carbons (Fsp3) is 0.136. The maximum atomic E-state index is 13.0. The Balaban J connectivity index is 1.81. The number of carbonyl (C=O) groups excluding carboxylic acids is 1. The number of methoxy groups -OCH3 is 1. The zero-order valence-electron chi connectivity index (χ0n) is 17.1. The van der Waals surface area contributed by atoms with Crippen LogP contribution in [-0.4, -0.2) is 28.0 Å². The summed E-state index contributed by atoms with van der Waals surface area (Å²) in [5.74, 6) is -0.265. The topological polar surface area (TPSA) is 93.7 Å². The third kappa shape index (κ3) is 5.52. The molecule has 0 aromatic heterocycles. The van der Waals surface area contributed by atoms with Gasteiger partial charge in [0.25, 0.3) is 15.9 Å². The molecule has 0 fully saturated rings. The van der Waals surface area contributed by atoms with Gasteiger partial charge in [0, 0.05) is 11.3 Å². The number of amides is 1. The van der Waals surface area contributed by atoms with Crippen LogP contribution < -0.4 is 19.5 Å². The van der Waals surface area contributed by atoms with E-state index in [0.717, 1.165) is 0 Å². The molecule has 3 aromatic carbocycles. The monoisotopic (exact) mass is 462 g/mol. The Kier molecular flexibility index (Phi) is 6.94. The molecule has 0 aliphatic carbocycles. The van der Waals surface area contributed by atoms with Crippen molar-refractivity contribution in [3.63, 3.8) is 0 Å². The lowest BCUT2D eigenvalue weighted by molar-refractivity contribution is -0.0498. The first-order chi connectivity index (χ1) is 15.2. The molecular formula is C22H20F2N2O5S. The Morgan fingerprint density at radius 1 is 1.00 bits per heavy atom. The van der Waals surface area contributed by atoms with E-state index in [1.54, 1.807) is 43.3 Å². The molecule has 0 saturated heterocycles. The van der Waals surface area contributed by atoms with Crippen LogP contribution in [0.25, 0.3) is 0 Å². The lowest BCUT2D eigenvalue weighted by Gasteiger charge is -2.14. The molecule has 0 unspecified atom stereocenters. The molecule has 3 rings (SSSR count). The van der Waals surface area contributed by atoms with Crippen LogP contribution in [0.1, 0.15) is 15.9 Å². The van der Waals surface area contributed by atoms with E-state index in [2.05, 4.69) is 14.8 Å². The zero-order valence-corrected chi connectivity index (χ0v) is 18.0. The Bertz CT molecular complexity index is 1220. The van der Waals surface area contributed by atoms with E-state index < -0.39 is 22.5 Å². The number of carbonyl (C=O) groups is 1. The van der Waals surface area contributed by atoms with Crippen molar-refractivity contribution in [1.82, 2.24) is 0 Å². The molecular weight excluding hydrogens is 442 g/mol. The predicted molar refractivity (Wildman–Crippen MR) is 116 cm³/mol. The molecule has 7 nitrogen and oxygen atoms in total. The molecule has 1 amide bonds. The third-order valence-corrected chi connectivity index (χ3v) is 5.94. The van der Waals surface area contributed by atoms with Crippen LogP contribution in [0.15, 0.2) is 71.6 Å². The highest BCUT2D eigenvalue weighted by molar-refractivity contribution is 7.92. The number of benzene rings is 3. The minimum absolute atomic E-state index is 0.0260. The lowest BCUT2D eigenvalue weighted by Crippen LogP contribution is -2.16.